The number of rotatable bonds is 24. The highest BCUT2D eigenvalue weighted by atomic mass is 35.5. The monoisotopic (exact) mass is 495 g/mol. The fourth-order valence-electron chi connectivity index (χ4n) is 4.56. The van der Waals surface area contributed by atoms with Crippen molar-refractivity contribution in [3.05, 3.63) is 0 Å². The van der Waals surface area contributed by atoms with E-state index in [1.165, 1.54) is 101 Å². The van der Waals surface area contributed by atoms with Gasteiger partial charge in [0.15, 0.2) is 0 Å². The van der Waals surface area contributed by atoms with Gasteiger partial charge in [-0.3, -0.25) is 0 Å². The zero-order chi connectivity index (χ0) is 23.3. The Kier molecular flexibility index (Phi) is 24.9. The van der Waals surface area contributed by atoms with Gasteiger partial charge >= 0.3 is 8.80 Å². The first kappa shape index (κ1) is 34.5. The Morgan fingerprint density at radius 1 is 0.500 bits per heavy atom. The van der Waals surface area contributed by atoms with Crippen molar-refractivity contribution in [2.45, 2.75) is 124 Å². The molecule has 0 aromatic carbocycles. The Balaban J connectivity index is 0. The molecule has 0 N–H and O–H groups in total. The molecule has 4 nitrogen and oxygen atoms in total. The minimum Gasteiger partial charge on any atom is -1.00 e. The average Bonchev–Trinajstić information content (AvgIpc) is 2.74. The smallest absolute Gasteiger partial charge is 0.501 e. The van der Waals surface area contributed by atoms with Crippen LogP contribution in [0.1, 0.15) is 118 Å². The van der Waals surface area contributed by atoms with Gasteiger partial charge in [-0.25, -0.2) is 0 Å². The summed E-state index contributed by atoms with van der Waals surface area (Å²) in [4.78, 5) is 0. The molecule has 0 aliphatic rings. The minimum absolute atomic E-state index is 0. The van der Waals surface area contributed by atoms with Crippen LogP contribution in [-0.4, -0.2) is 59.8 Å². The van der Waals surface area contributed by atoms with E-state index in [1.54, 1.807) is 0 Å². The highest BCUT2D eigenvalue weighted by Gasteiger charge is 2.40. The first-order valence-corrected chi connectivity index (χ1v) is 15.7. The van der Waals surface area contributed by atoms with E-state index < -0.39 is 8.80 Å². The van der Waals surface area contributed by atoms with Crippen molar-refractivity contribution in [2.75, 3.05) is 46.5 Å². The van der Waals surface area contributed by atoms with Gasteiger partial charge in [0.05, 0.1) is 26.7 Å². The van der Waals surface area contributed by atoms with E-state index >= 15 is 0 Å². The Morgan fingerprint density at radius 3 is 1.22 bits per heavy atom. The van der Waals surface area contributed by atoms with Crippen LogP contribution < -0.4 is 12.4 Å². The van der Waals surface area contributed by atoms with E-state index in [2.05, 4.69) is 41.7 Å². The number of quaternary nitrogens is 1. The molecular weight excluding hydrogens is 438 g/mol. The van der Waals surface area contributed by atoms with Gasteiger partial charge in [-0.05, 0) is 46.5 Å². The average molecular weight is 496 g/mol. The van der Waals surface area contributed by atoms with Gasteiger partial charge < -0.3 is 30.2 Å². The third kappa shape index (κ3) is 17.8. The Labute approximate surface area is 209 Å². The van der Waals surface area contributed by atoms with Gasteiger partial charge in [0.25, 0.3) is 0 Å². The molecule has 0 saturated carbocycles. The lowest BCUT2D eigenvalue weighted by Gasteiger charge is -2.36. The molecule has 0 aromatic heterocycles. The molecule has 0 aromatic rings. The van der Waals surface area contributed by atoms with Gasteiger partial charge in [0, 0.05) is 32.3 Å². The lowest BCUT2D eigenvalue weighted by atomic mass is 10.1. The standard InChI is InChI=1S/C26H58NO3Si.ClH/c1-7-12-14-16-18-20-23-27(6,24-21-19-17-15-13-8-2)25-22-26-31(28-9-3,29-10-4)30-11-5;/h7-26H2,1-6H3;1H/q+1;/p-1. The lowest BCUT2D eigenvalue weighted by Crippen LogP contribution is -3.00. The van der Waals surface area contributed by atoms with Crippen LogP contribution >= 0.6 is 0 Å². The molecule has 0 amide bonds. The summed E-state index contributed by atoms with van der Waals surface area (Å²) < 4.78 is 19.5. The summed E-state index contributed by atoms with van der Waals surface area (Å²) in [5.74, 6) is 0. The predicted molar refractivity (Wildman–Crippen MR) is 138 cm³/mol. The third-order valence-electron chi connectivity index (χ3n) is 6.38. The Bertz CT molecular complexity index is 355. The van der Waals surface area contributed by atoms with Crippen molar-refractivity contribution >= 4 is 8.80 Å². The highest BCUT2D eigenvalue weighted by Crippen LogP contribution is 2.21. The molecule has 0 aliphatic carbocycles. The summed E-state index contributed by atoms with van der Waals surface area (Å²) >= 11 is 0. The van der Waals surface area contributed by atoms with Crippen LogP contribution in [-0.2, 0) is 13.3 Å². The van der Waals surface area contributed by atoms with Crippen molar-refractivity contribution < 1.29 is 30.2 Å². The molecule has 32 heavy (non-hydrogen) atoms. The van der Waals surface area contributed by atoms with Crippen LogP contribution in [0.2, 0.25) is 6.04 Å². The van der Waals surface area contributed by atoms with Crippen LogP contribution in [0.3, 0.4) is 0 Å². The summed E-state index contributed by atoms with van der Waals surface area (Å²) in [6, 6.07) is 0.948. The number of nitrogens with zero attached hydrogens (tertiary/aromatic N) is 1. The van der Waals surface area contributed by atoms with Crippen molar-refractivity contribution in [3.63, 3.8) is 0 Å². The third-order valence-corrected chi connectivity index (χ3v) is 9.53. The van der Waals surface area contributed by atoms with Crippen LogP contribution in [0.15, 0.2) is 0 Å². The maximum atomic E-state index is 6.08. The number of hydrogen-bond acceptors (Lipinski definition) is 3. The molecule has 196 valence electrons. The SMILES string of the molecule is CCCCCCCC[N+](C)(CCCCCCCC)CCC[Si](OCC)(OCC)OCC.[Cl-]. The second-order valence-electron chi connectivity index (χ2n) is 9.41. The maximum Gasteiger partial charge on any atom is 0.501 e. The normalized spacial score (nSPS) is 12.2. The minimum atomic E-state index is -2.51. The van der Waals surface area contributed by atoms with Crippen molar-refractivity contribution in [1.82, 2.24) is 0 Å². The van der Waals surface area contributed by atoms with Crippen LogP contribution in [0.4, 0.5) is 0 Å². The number of unbranched alkanes of at least 4 members (excludes halogenated alkanes) is 10. The van der Waals surface area contributed by atoms with Gasteiger partial charge in [0.2, 0.25) is 0 Å². The second kappa shape index (κ2) is 23.1. The molecule has 0 spiro atoms. The predicted octanol–water partition coefficient (Wildman–Crippen LogP) is 4.60. The van der Waals surface area contributed by atoms with Gasteiger partial charge in [-0.15, -0.1) is 0 Å². The molecule has 0 atom stereocenters. The largest absolute Gasteiger partial charge is 1.00 e. The quantitative estimate of drug-likeness (QED) is 0.111. The summed E-state index contributed by atoms with van der Waals surface area (Å²) in [6.07, 6.45) is 17.7. The maximum absolute atomic E-state index is 6.08. The van der Waals surface area contributed by atoms with Gasteiger partial charge in [-0.2, -0.15) is 0 Å². The van der Waals surface area contributed by atoms with E-state index in [1.807, 2.05) is 0 Å². The van der Waals surface area contributed by atoms with E-state index in [0.717, 1.165) is 12.5 Å². The summed E-state index contributed by atoms with van der Waals surface area (Å²) in [7, 11) is -0.0221. The zero-order valence-electron chi connectivity index (χ0n) is 22.7. The van der Waals surface area contributed by atoms with Crippen molar-refractivity contribution in [3.8, 4) is 0 Å². The summed E-state index contributed by atoms with van der Waals surface area (Å²) in [6.45, 7) is 16.6. The Hall–Kier alpha value is 0.347. The molecule has 0 radical (unpaired) electrons. The molecule has 0 rings (SSSR count). The van der Waals surface area contributed by atoms with Crippen LogP contribution in [0.25, 0.3) is 0 Å². The van der Waals surface area contributed by atoms with Crippen LogP contribution in [0, 0.1) is 0 Å². The molecule has 0 bridgehead atoms. The van der Waals surface area contributed by atoms with E-state index in [0.29, 0.717) is 19.8 Å². The molecule has 6 heteroatoms. The highest BCUT2D eigenvalue weighted by molar-refractivity contribution is 6.60. The topological polar surface area (TPSA) is 27.7 Å². The fourth-order valence-corrected chi connectivity index (χ4v) is 7.16. The molecule has 0 heterocycles. The van der Waals surface area contributed by atoms with Gasteiger partial charge in [0.1, 0.15) is 0 Å². The van der Waals surface area contributed by atoms with E-state index in [4.69, 9.17) is 13.3 Å². The molecule has 0 saturated heterocycles. The number of hydrogen-bond donors (Lipinski definition) is 0. The first-order valence-electron chi connectivity index (χ1n) is 13.8. The fraction of sp³-hybridized carbons (Fsp3) is 1.00. The van der Waals surface area contributed by atoms with Crippen molar-refractivity contribution in [1.29, 1.82) is 0 Å². The van der Waals surface area contributed by atoms with Gasteiger partial charge in [-0.1, -0.05) is 65.2 Å². The molecule has 0 unspecified atom stereocenters. The van der Waals surface area contributed by atoms with E-state index in [-0.39, 0.29) is 12.4 Å². The summed E-state index contributed by atoms with van der Waals surface area (Å²) in [5, 5.41) is 0. The molecule has 0 aliphatic heterocycles. The first-order chi connectivity index (χ1) is 15.0. The molecular formula is C26H58ClNO3Si. The Morgan fingerprint density at radius 2 is 0.844 bits per heavy atom. The zero-order valence-corrected chi connectivity index (χ0v) is 24.4. The van der Waals surface area contributed by atoms with E-state index in [9.17, 15) is 0 Å². The summed E-state index contributed by atoms with van der Waals surface area (Å²) in [5.41, 5.74) is 0. The van der Waals surface area contributed by atoms with Crippen LogP contribution in [0.5, 0.6) is 0 Å². The number of halogens is 1. The van der Waals surface area contributed by atoms with Crippen molar-refractivity contribution in [2.24, 2.45) is 0 Å². The second-order valence-corrected chi connectivity index (χ2v) is 12.1. The lowest BCUT2D eigenvalue weighted by molar-refractivity contribution is -0.910. The molecule has 0 fully saturated rings.